The highest BCUT2D eigenvalue weighted by Crippen LogP contribution is 2.34. The molecule has 1 unspecified atom stereocenters. The zero-order valence-corrected chi connectivity index (χ0v) is 17.4. The first-order valence-corrected chi connectivity index (χ1v) is 11.4. The molecule has 6 heteroatoms. The van der Waals surface area contributed by atoms with Crippen molar-refractivity contribution in [2.75, 3.05) is 44.4 Å². The van der Waals surface area contributed by atoms with E-state index < -0.39 is 0 Å². The molecule has 5 nitrogen and oxygen atoms in total. The second-order valence-corrected chi connectivity index (χ2v) is 8.93. The Morgan fingerprint density at radius 1 is 1.14 bits per heavy atom. The van der Waals surface area contributed by atoms with E-state index in [4.69, 9.17) is 4.74 Å². The first-order chi connectivity index (χ1) is 14.2. The second-order valence-electron chi connectivity index (χ2n) is 7.82. The number of aromatic hydroxyl groups is 1. The van der Waals surface area contributed by atoms with Gasteiger partial charge in [-0.3, -0.25) is 9.69 Å². The van der Waals surface area contributed by atoms with Gasteiger partial charge in [-0.1, -0.05) is 36.4 Å². The summed E-state index contributed by atoms with van der Waals surface area (Å²) < 4.78 is 5.51. The smallest absolute Gasteiger partial charge is 0.255 e. The molecule has 0 aromatic heterocycles. The number of benzene rings is 2. The van der Waals surface area contributed by atoms with Crippen LogP contribution in [0.3, 0.4) is 0 Å². The van der Waals surface area contributed by atoms with Gasteiger partial charge in [0.25, 0.3) is 5.91 Å². The van der Waals surface area contributed by atoms with E-state index in [1.807, 2.05) is 42.1 Å². The normalized spacial score (nSPS) is 22.5. The third kappa shape index (κ3) is 4.77. The average Bonchev–Trinajstić information content (AvgIpc) is 3.25. The molecule has 2 aromatic carbocycles. The van der Waals surface area contributed by atoms with Crippen molar-refractivity contribution < 1.29 is 14.6 Å². The summed E-state index contributed by atoms with van der Waals surface area (Å²) in [6, 6.07) is 15.4. The fourth-order valence-corrected chi connectivity index (χ4v) is 5.66. The summed E-state index contributed by atoms with van der Waals surface area (Å²) in [5.41, 5.74) is 2.53. The Balaban J connectivity index is 1.45. The molecule has 1 amide bonds. The van der Waals surface area contributed by atoms with Gasteiger partial charge in [0.2, 0.25) is 0 Å². The molecule has 0 spiro atoms. The molecule has 0 radical (unpaired) electrons. The van der Waals surface area contributed by atoms with Crippen LogP contribution in [0, 0.1) is 0 Å². The number of hydrogen-bond acceptors (Lipinski definition) is 5. The summed E-state index contributed by atoms with van der Waals surface area (Å²) in [4.78, 5) is 15.4. The van der Waals surface area contributed by atoms with Crippen LogP contribution in [0.4, 0.5) is 0 Å². The number of thioether (sulfide) groups is 1. The van der Waals surface area contributed by atoms with Crippen LogP contribution < -0.4 is 5.32 Å². The predicted molar refractivity (Wildman–Crippen MR) is 117 cm³/mol. The molecule has 2 saturated heterocycles. The number of rotatable bonds is 6. The van der Waals surface area contributed by atoms with Crippen molar-refractivity contribution >= 4 is 17.7 Å². The zero-order chi connectivity index (χ0) is 20.1. The van der Waals surface area contributed by atoms with Gasteiger partial charge in [0, 0.05) is 30.9 Å². The lowest BCUT2D eigenvalue weighted by atomic mass is 9.95. The second kappa shape index (κ2) is 9.20. The molecule has 2 aromatic rings. The molecule has 0 saturated carbocycles. The summed E-state index contributed by atoms with van der Waals surface area (Å²) in [6.45, 7) is 3.93. The number of ether oxygens (including phenoxy) is 1. The van der Waals surface area contributed by atoms with E-state index >= 15 is 0 Å². The number of nitrogens with one attached hydrogen (secondary N) is 1. The molecule has 2 heterocycles. The van der Waals surface area contributed by atoms with E-state index in [2.05, 4.69) is 22.3 Å². The van der Waals surface area contributed by atoms with Gasteiger partial charge in [-0.15, -0.1) is 0 Å². The monoisotopic (exact) mass is 412 g/mol. The standard InChI is InChI=1S/C23H28N2O3S/c26-21-7-6-19(14-18-4-2-1-3-5-18)15-20(21)22(27)24-16-23(8-13-29-17-23)25-9-11-28-12-10-25/h1-7,15,26H,8-14,16-17H2,(H,24,27). The molecule has 0 aliphatic carbocycles. The summed E-state index contributed by atoms with van der Waals surface area (Å²) in [7, 11) is 0. The first kappa shape index (κ1) is 20.3. The van der Waals surface area contributed by atoms with Gasteiger partial charge in [-0.05, 0) is 41.9 Å². The number of carbonyl (C=O) groups excluding carboxylic acids is 1. The highest BCUT2D eigenvalue weighted by Gasteiger charge is 2.41. The van der Waals surface area contributed by atoms with Crippen LogP contribution in [0.5, 0.6) is 5.75 Å². The number of hydrogen-bond donors (Lipinski definition) is 2. The van der Waals surface area contributed by atoms with Gasteiger partial charge in [0.05, 0.1) is 18.8 Å². The van der Waals surface area contributed by atoms with E-state index in [0.717, 1.165) is 56.2 Å². The van der Waals surface area contributed by atoms with Crippen LogP contribution >= 0.6 is 11.8 Å². The van der Waals surface area contributed by atoms with Crippen molar-refractivity contribution in [3.8, 4) is 5.75 Å². The van der Waals surface area contributed by atoms with E-state index in [1.165, 1.54) is 5.56 Å². The number of carbonyl (C=O) groups is 1. The SMILES string of the molecule is O=C(NCC1(N2CCOCC2)CCSC1)c1cc(Cc2ccccc2)ccc1O. The van der Waals surface area contributed by atoms with Gasteiger partial charge in [0.15, 0.2) is 0 Å². The van der Waals surface area contributed by atoms with E-state index in [0.29, 0.717) is 12.1 Å². The van der Waals surface area contributed by atoms with Gasteiger partial charge in [0.1, 0.15) is 5.75 Å². The van der Waals surface area contributed by atoms with Crippen molar-refractivity contribution in [1.29, 1.82) is 0 Å². The molecule has 29 heavy (non-hydrogen) atoms. The topological polar surface area (TPSA) is 61.8 Å². The van der Waals surface area contributed by atoms with Crippen LogP contribution in [-0.4, -0.2) is 65.8 Å². The van der Waals surface area contributed by atoms with Crippen LogP contribution in [0.2, 0.25) is 0 Å². The Morgan fingerprint density at radius 3 is 2.66 bits per heavy atom. The molecule has 2 aliphatic rings. The van der Waals surface area contributed by atoms with Crippen LogP contribution in [-0.2, 0) is 11.2 Å². The number of phenolic OH excluding ortho intramolecular Hbond substituents is 1. The fourth-order valence-electron chi connectivity index (χ4n) is 4.18. The third-order valence-corrected chi connectivity index (χ3v) is 7.13. The van der Waals surface area contributed by atoms with E-state index in [9.17, 15) is 9.90 Å². The van der Waals surface area contributed by atoms with E-state index in [-0.39, 0.29) is 17.2 Å². The molecule has 1 atom stereocenters. The molecule has 2 N–H and O–H groups in total. The first-order valence-electron chi connectivity index (χ1n) is 10.2. The highest BCUT2D eigenvalue weighted by molar-refractivity contribution is 7.99. The number of phenols is 1. The van der Waals surface area contributed by atoms with Gasteiger partial charge < -0.3 is 15.2 Å². The van der Waals surface area contributed by atoms with Crippen LogP contribution in [0.25, 0.3) is 0 Å². The maximum atomic E-state index is 12.9. The van der Waals surface area contributed by atoms with Gasteiger partial charge >= 0.3 is 0 Å². The molecule has 2 aliphatic heterocycles. The Kier molecular flexibility index (Phi) is 6.43. The maximum Gasteiger partial charge on any atom is 0.255 e. The lowest BCUT2D eigenvalue weighted by Crippen LogP contribution is -2.59. The minimum atomic E-state index is -0.207. The molecular weight excluding hydrogens is 384 g/mol. The number of morpholine rings is 1. The minimum Gasteiger partial charge on any atom is -0.507 e. The largest absolute Gasteiger partial charge is 0.507 e. The van der Waals surface area contributed by atoms with Crippen molar-refractivity contribution in [2.24, 2.45) is 0 Å². The van der Waals surface area contributed by atoms with Crippen molar-refractivity contribution in [3.05, 3.63) is 65.2 Å². The minimum absolute atomic E-state index is 0.0125. The maximum absolute atomic E-state index is 12.9. The predicted octanol–water partition coefficient (Wildman–Crippen LogP) is 2.92. The lowest BCUT2D eigenvalue weighted by Gasteiger charge is -2.43. The van der Waals surface area contributed by atoms with E-state index in [1.54, 1.807) is 6.07 Å². The lowest BCUT2D eigenvalue weighted by molar-refractivity contribution is -0.0129. The summed E-state index contributed by atoms with van der Waals surface area (Å²) in [5, 5.41) is 13.4. The Bertz CT molecular complexity index is 831. The summed E-state index contributed by atoms with van der Waals surface area (Å²) in [6.07, 6.45) is 1.80. The Morgan fingerprint density at radius 2 is 1.93 bits per heavy atom. The van der Waals surface area contributed by atoms with Crippen molar-refractivity contribution in [3.63, 3.8) is 0 Å². The average molecular weight is 413 g/mol. The zero-order valence-electron chi connectivity index (χ0n) is 16.6. The van der Waals surface area contributed by atoms with Crippen LogP contribution in [0.1, 0.15) is 27.9 Å². The van der Waals surface area contributed by atoms with Gasteiger partial charge in [-0.25, -0.2) is 0 Å². The molecular formula is C23H28N2O3S. The summed E-state index contributed by atoms with van der Waals surface area (Å²) in [5.74, 6) is 1.96. The molecule has 0 bridgehead atoms. The van der Waals surface area contributed by atoms with Gasteiger partial charge in [-0.2, -0.15) is 11.8 Å². The quantitative estimate of drug-likeness (QED) is 0.764. The molecule has 154 valence electrons. The Labute approximate surface area is 176 Å². The number of amides is 1. The van der Waals surface area contributed by atoms with Crippen molar-refractivity contribution in [1.82, 2.24) is 10.2 Å². The fraction of sp³-hybridized carbons (Fsp3) is 0.435. The van der Waals surface area contributed by atoms with Crippen LogP contribution in [0.15, 0.2) is 48.5 Å². The molecule has 4 rings (SSSR count). The number of nitrogens with zero attached hydrogens (tertiary/aromatic N) is 1. The third-order valence-electron chi connectivity index (χ3n) is 5.90. The molecule has 2 fully saturated rings. The van der Waals surface area contributed by atoms with Crippen molar-refractivity contribution in [2.45, 2.75) is 18.4 Å². The Hall–Kier alpha value is -2.02. The highest BCUT2D eigenvalue weighted by atomic mass is 32.2. The summed E-state index contributed by atoms with van der Waals surface area (Å²) >= 11 is 1.95.